The highest BCUT2D eigenvalue weighted by atomic mass is 35.5. The van der Waals surface area contributed by atoms with Gasteiger partial charge in [-0.05, 0) is 25.9 Å². The summed E-state index contributed by atoms with van der Waals surface area (Å²) < 4.78 is 0. The van der Waals surface area contributed by atoms with Crippen LogP contribution in [0, 0.1) is 0 Å². The van der Waals surface area contributed by atoms with Gasteiger partial charge in [-0.1, -0.05) is 0 Å². The Labute approximate surface area is 82.0 Å². The summed E-state index contributed by atoms with van der Waals surface area (Å²) in [5, 5.41) is 8.08. The maximum atomic E-state index is 11.3. The van der Waals surface area contributed by atoms with Crippen LogP contribution in [0.25, 0.3) is 0 Å². The molecule has 13 heavy (non-hydrogen) atoms. The van der Waals surface area contributed by atoms with Crippen LogP contribution in [-0.4, -0.2) is 30.6 Å². The first-order valence-electron chi connectivity index (χ1n) is 4.07. The standard InChI is InChI=1S/C7H11N3O2.ClH/c11-5-7(10-6(12)9-5)1-3-8-4-2-7;/h8H,1-4H2,(H2,9,10,11,12);1H. The SMILES string of the molecule is Cl.O=C1NC(=O)C2(CCNCC2)N1. The summed E-state index contributed by atoms with van der Waals surface area (Å²) in [5.41, 5.74) is -0.609. The molecule has 3 amide bonds. The summed E-state index contributed by atoms with van der Waals surface area (Å²) in [6, 6.07) is -0.359. The Hall–Kier alpha value is -0.810. The van der Waals surface area contributed by atoms with E-state index in [-0.39, 0.29) is 24.3 Å². The van der Waals surface area contributed by atoms with E-state index in [4.69, 9.17) is 0 Å². The van der Waals surface area contributed by atoms with Crippen molar-refractivity contribution in [2.24, 2.45) is 0 Å². The minimum absolute atomic E-state index is 0. The van der Waals surface area contributed by atoms with E-state index in [1.165, 1.54) is 0 Å². The van der Waals surface area contributed by atoms with Crippen molar-refractivity contribution in [2.45, 2.75) is 18.4 Å². The number of nitrogens with one attached hydrogen (secondary N) is 3. The number of carbonyl (C=O) groups is 2. The molecular formula is C7H12ClN3O2. The summed E-state index contributed by atoms with van der Waals surface area (Å²) in [4.78, 5) is 22.2. The van der Waals surface area contributed by atoms with Crippen LogP contribution >= 0.6 is 12.4 Å². The molecule has 0 bridgehead atoms. The number of halogens is 1. The molecule has 0 aliphatic carbocycles. The van der Waals surface area contributed by atoms with Gasteiger partial charge in [0.05, 0.1) is 0 Å². The van der Waals surface area contributed by atoms with Crippen LogP contribution in [0.5, 0.6) is 0 Å². The fourth-order valence-electron chi connectivity index (χ4n) is 1.73. The minimum atomic E-state index is -0.609. The van der Waals surface area contributed by atoms with E-state index < -0.39 is 5.54 Å². The third-order valence-corrected chi connectivity index (χ3v) is 2.47. The third-order valence-electron chi connectivity index (χ3n) is 2.47. The van der Waals surface area contributed by atoms with Gasteiger partial charge in [0.25, 0.3) is 5.91 Å². The maximum absolute atomic E-state index is 11.3. The summed E-state index contributed by atoms with van der Waals surface area (Å²) in [7, 11) is 0. The molecule has 0 aromatic carbocycles. The second kappa shape index (κ2) is 3.51. The molecule has 74 valence electrons. The fourth-order valence-corrected chi connectivity index (χ4v) is 1.73. The normalized spacial score (nSPS) is 24.9. The van der Waals surface area contributed by atoms with Crippen molar-refractivity contribution in [3.05, 3.63) is 0 Å². The molecular weight excluding hydrogens is 194 g/mol. The van der Waals surface area contributed by atoms with Crippen LogP contribution in [0.3, 0.4) is 0 Å². The Morgan fingerprint density at radius 3 is 2.23 bits per heavy atom. The van der Waals surface area contributed by atoms with Gasteiger partial charge < -0.3 is 10.6 Å². The summed E-state index contributed by atoms with van der Waals surface area (Å²) >= 11 is 0. The molecule has 0 saturated carbocycles. The van der Waals surface area contributed by atoms with Gasteiger partial charge in [-0.2, -0.15) is 0 Å². The Kier molecular flexibility index (Phi) is 2.77. The van der Waals surface area contributed by atoms with Gasteiger partial charge in [0, 0.05) is 0 Å². The minimum Gasteiger partial charge on any atom is -0.323 e. The maximum Gasteiger partial charge on any atom is 0.322 e. The van der Waals surface area contributed by atoms with Crippen LogP contribution in [0.15, 0.2) is 0 Å². The molecule has 0 aromatic rings. The van der Waals surface area contributed by atoms with Crippen molar-refractivity contribution >= 4 is 24.3 Å². The quantitative estimate of drug-likeness (QED) is 0.461. The van der Waals surface area contributed by atoms with E-state index >= 15 is 0 Å². The Morgan fingerprint density at radius 1 is 1.15 bits per heavy atom. The highest BCUT2D eigenvalue weighted by molar-refractivity contribution is 6.07. The first-order valence-corrected chi connectivity index (χ1v) is 4.07. The number of hydrogen-bond donors (Lipinski definition) is 3. The molecule has 2 aliphatic heterocycles. The first-order chi connectivity index (χ1) is 5.73. The predicted octanol–water partition coefficient (Wildman–Crippen LogP) is -0.630. The first kappa shape index (κ1) is 10.3. The van der Waals surface area contributed by atoms with Gasteiger partial charge in [0.1, 0.15) is 5.54 Å². The molecule has 5 nitrogen and oxygen atoms in total. The van der Waals surface area contributed by atoms with E-state index in [1.807, 2.05) is 0 Å². The van der Waals surface area contributed by atoms with Crippen LogP contribution < -0.4 is 16.0 Å². The summed E-state index contributed by atoms with van der Waals surface area (Å²) in [5.74, 6) is -0.172. The zero-order valence-corrected chi connectivity index (χ0v) is 7.87. The molecule has 1 spiro atoms. The van der Waals surface area contributed by atoms with Crippen molar-refractivity contribution in [2.75, 3.05) is 13.1 Å². The molecule has 6 heteroatoms. The second-order valence-electron chi connectivity index (χ2n) is 3.24. The van der Waals surface area contributed by atoms with Gasteiger partial charge in [0.15, 0.2) is 0 Å². The van der Waals surface area contributed by atoms with E-state index in [9.17, 15) is 9.59 Å². The van der Waals surface area contributed by atoms with E-state index in [0.717, 1.165) is 13.1 Å². The molecule has 3 N–H and O–H groups in total. The van der Waals surface area contributed by atoms with Gasteiger partial charge in [-0.15, -0.1) is 12.4 Å². The molecule has 2 rings (SSSR count). The fraction of sp³-hybridized carbons (Fsp3) is 0.714. The molecule has 0 radical (unpaired) electrons. The van der Waals surface area contributed by atoms with Crippen molar-refractivity contribution in [1.29, 1.82) is 0 Å². The summed E-state index contributed by atoms with van der Waals surface area (Å²) in [6.45, 7) is 1.57. The van der Waals surface area contributed by atoms with E-state index in [1.54, 1.807) is 0 Å². The van der Waals surface area contributed by atoms with Gasteiger partial charge in [-0.3, -0.25) is 10.1 Å². The Balaban J connectivity index is 0.000000845. The van der Waals surface area contributed by atoms with Crippen LogP contribution in [-0.2, 0) is 4.79 Å². The van der Waals surface area contributed by atoms with E-state index in [0.29, 0.717) is 12.8 Å². The lowest BCUT2D eigenvalue weighted by Crippen LogP contribution is -2.53. The average Bonchev–Trinajstić information content (AvgIpc) is 2.29. The smallest absolute Gasteiger partial charge is 0.322 e. The van der Waals surface area contributed by atoms with Gasteiger partial charge in [-0.25, -0.2) is 4.79 Å². The topological polar surface area (TPSA) is 70.2 Å². The zero-order valence-electron chi connectivity index (χ0n) is 7.05. The lowest BCUT2D eigenvalue weighted by molar-refractivity contribution is -0.124. The van der Waals surface area contributed by atoms with Crippen LogP contribution in [0.2, 0.25) is 0 Å². The third kappa shape index (κ3) is 1.62. The van der Waals surface area contributed by atoms with Gasteiger partial charge >= 0.3 is 6.03 Å². The highest BCUT2D eigenvalue weighted by Crippen LogP contribution is 2.21. The molecule has 2 heterocycles. The number of imide groups is 1. The number of rotatable bonds is 0. The van der Waals surface area contributed by atoms with Crippen molar-refractivity contribution < 1.29 is 9.59 Å². The molecule has 2 aliphatic rings. The van der Waals surface area contributed by atoms with E-state index in [2.05, 4.69) is 16.0 Å². The lowest BCUT2D eigenvalue weighted by atomic mass is 9.89. The van der Waals surface area contributed by atoms with Crippen molar-refractivity contribution in [3.8, 4) is 0 Å². The largest absolute Gasteiger partial charge is 0.323 e. The van der Waals surface area contributed by atoms with Crippen molar-refractivity contribution in [1.82, 2.24) is 16.0 Å². The molecule has 0 aromatic heterocycles. The average molecular weight is 206 g/mol. The van der Waals surface area contributed by atoms with Gasteiger partial charge in [0.2, 0.25) is 0 Å². The van der Waals surface area contributed by atoms with Crippen LogP contribution in [0.4, 0.5) is 4.79 Å². The molecule has 0 atom stereocenters. The number of piperidine rings is 1. The van der Waals surface area contributed by atoms with Crippen molar-refractivity contribution in [3.63, 3.8) is 0 Å². The zero-order chi connectivity index (χ0) is 8.60. The number of carbonyl (C=O) groups excluding carboxylic acids is 2. The molecule has 2 saturated heterocycles. The Morgan fingerprint density at radius 2 is 1.77 bits per heavy atom. The molecule has 0 unspecified atom stereocenters. The Bertz CT molecular complexity index is 238. The lowest BCUT2D eigenvalue weighted by Gasteiger charge is -2.30. The predicted molar refractivity (Wildman–Crippen MR) is 48.8 cm³/mol. The highest BCUT2D eigenvalue weighted by Gasteiger charge is 2.46. The number of hydrogen-bond acceptors (Lipinski definition) is 3. The monoisotopic (exact) mass is 205 g/mol. The number of amides is 3. The second-order valence-corrected chi connectivity index (χ2v) is 3.24. The van der Waals surface area contributed by atoms with Crippen LogP contribution in [0.1, 0.15) is 12.8 Å². The molecule has 2 fully saturated rings. The summed E-state index contributed by atoms with van der Waals surface area (Å²) in [6.07, 6.45) is 1.37. The number of urea groups is 1.